The largest absolute Gasteiger partial charge is 0.548 e. The van der Waals surface area contributed by atoms with Gasteiger partial charge in [-0.2, -0.15) is 8.42 Å². The van der Waals surface area contributed by atoms with Gasteiger partial charge in [-0.25, -0.2) is 0 Å². The molecule has 0 saturated carbocycles. The van der Waals surface area contributed by atoms with Gasteiger partial charge in [0.05, 0.1) is 12.0 Å². The SMILES string of the molecule is Cc1ccc(S(=O)(=O)Oc2ccc(/C=C(\NC(=O)c3ccccc3)C(=O)N[C@@H](C)C(=O)[O-])cc2)cc1. The maximum absolute atomic E-state index is 12.7. The first kappa shape index (κ1) is 26.2. The van der Waals surface area contributed by atoms with Gasteiger partial charge in [-0.1, -0.05) is 48.0 Å². The number of carbonyl (C=O) groups is 3. The van der Waals surface area contributed by atoms with Crippen LogP contribution in [0.5, 0.6) is 5.75 Å². The quantitative estimate of drug-likeness (QED) is 0.332. The summed E-state index contributed by atoms with van der Waals surface area (Å²) in [7, 11) is -4.05. The Hall–Kier alpha value is -4.44. The zero-order valence-electron chi connectivity index (χ0n) is 19.4. The lowest BCUT2D eigenvalue weighted by molar-refractivity contribution is -0.307. The fraction of sp³-hybridized carbons (Fsp3) is 0.115. The van der Waals surface area contributed by atoms with Crippen LogP contribution in [0.15, 0.2) is 89.5 Å². The average Bonchev–Trinajstić information content (AvgIpc) is 2.85. The van der Waals surface area contributed by atoms with Crippen molar-refractivity contribution in [2.24, 2.45) is 0 Å². The third kappa shape index (κ3) is 7.03. The zero-order valence-corrected chi connectivity index (χ0v) is 20.2. The smallest absolute Gasteiger partial charge is 0.339 e. The monoisotopic (exact) mass is 507 g/mol. The number of carbonyl (C=O) groups excluding carboxylic acids is 3. The second-order valence-corrected chi connectivity index (χ2v) is 9.36. The minimum Gasteiger partial charge on any atom is -0.548 e. The molecular formula is C26H23N2O7S-. The lowest BCUT2D eigenvalue weighted by Crippen LogP contribution is -2.48. The van der Waals surface area contributed by atoms with Crippen molar-refractivity contribution in [3.05, 3.63) is 101 Å². The number of nitrogens with one attached hydrogen (secondary N) is 2. The lowest BCUT2D eigenvalue weighted by Gasteiger charge is -2.17. The number of aliphatic carboxylic acids is 1. The normalized spacial score (nSPS) is 12.3. The molecule has 0 fully saturated rings. The summed E-state index contributed by atoms with van der Waals surface area (Å²) in [5, 5.41) is 15.7. The molecule has 0 spiro atoms. The molecule has 10 heteroatoms. The Bertz CT molecular complexity index is 1380. The van der Waals surface area contributed by atoms with Crippen molar-refractivity contribution in [3.63, 3.8) is 0 Å². The van der Waals surface area contributed by atoms with Gasteiger partial charge < -0.3 is 24.7 Å². The first-order chi connectivity index (χ1) is 17.0. The predicted octanol–water partition coefficient (Wildman–Crippen LogP) is 1.79. The van der Waals surface area contributed by atoms with E-state index in [0.29, 0.717) is 5.56 Å². The fourth-order valence-corrected chi connectivity index (χ4v) is 3.87. The van der Waals surface area contributed by atoms with Crippen molar-refractivity contribution in [1.29, 1.82) is 0 Å². The Morgan fingerprint density at radius 2 is 1.53 bits per heavy atom. The number of benzene rings is 3. The molecule has 0 aliphatic heterocycles. The maximum atomic E-state index is 12.7. The molecule has 0 saturated heterocycles. The Morgan fingerprint density at radius 1 is 0.917 bits per heavy atom. The molecule has 1 atom stereocenters. The zero-order chi connectivity index (χ0) is 26.3. The second-order valence-electron chi connectivity index (χ2n) is 7.81. The molecule has 9 nitrogen and oxygen atoms in total. The molecule has 0 heterocycles. The van der Waals surface area contributed by atoms with Crippen molar-refractivity contribution < 1.29 is 32.1 Å². The minimum atomic E-state index is -4.05. The van der Waals surface area contributed by atoms with Gasteiger partial charge >= 0.3 is 10.1 Å². The summed E-state index contributed by atoms with van der Waals surface area (Å²) in [5.74, 6) is -2.88. The standard InChI is InChI=1S/C26H24N2O7S/c1-17-8-14-22(15-9-17)36(33,34)35-21-12-10-19(11-13-21)16-23(25(30)27-18(2)26(31)32)28-24(29)20-6-4-3-5-7-20/h3-16,18H,1-2H3,(H,27,30)(H,28,29)(H,31,32)/p-1/b23-16-/t18-/m0/s1. The lowest BCUT2D eigenvalue weighted by atomic mass is 10.1. The van der Waals surface area contributed by atoms with Gasteiger partial charge in [0.25, 0.3) is 11.8 Å². The highest BCUT2D eigenvalue weighted by Gasteiger charge is 2.18. The summed E-state index contributed by atoms with van der Waals surface area (Å²) in [6, 6.07) is 18.7. The Balaban J connectivity index is 1.83. The molecule has 0 aromatic heterocycles. The third-order valence-electron chi connectivity index (χ3n) is 4.94. The van der Waals surface area contributed by atoms with Crippen LogP contribution in [0.3, 0.4) is 0 Å². The van der Waals surface area contributed by atoms with Crippen LogP contribution in [0.25, 0.3) is 6.08 Å². The number of hydrogen-bond donors (Lipinski definition) is 2. The van der Waals surface area contributed by atoms with Crippen molar-refractivity contribution in [1.82, 2.24) is 10.6 Å². The molecule has 2 amide bonds. The summed E-state index contributed by atoms with van der Waals surface area (Å²) in [6.07, 6.45) is 1.32. The van der Waals surface area contributed by atoms with Crippen LogP contribution >= 0.6 is 0 Å². The van der Waals surface area contributed by atoms with Crippen LogP contribution in [0, 0.1) is 6.92 Å². The van der Waals surface area contributed by atoms with Crippen molar-refractivity contribution in [2.75, 3.05) is 0 Å². The maximum Gasteiger partial charge on any atom is 0.339 e. The summed E-state index contributed by atoms with van der Waals surface area (Å²) >= 11 is 0. The van der Waals surface area contributed by atoms with Crippen LogP contribution in [-0.4, -0.2) is 32.2 Å². The molecule has 0 radical (unpaired) electrons. The molecular weight excluding hydrogens is 484 g/mol. The van der Waals surface area contributed by atoms with Crippen LogP contribution in [0.2, 0.25) is 0 Å². The Morgan fingerprint density at radius 3 is 2.11 bits per heavy atom. The van der Waals surface area contributed by atoms with E-state index in [1.54, 1.807) is 42.5 Å². The van der Waals surface area contributed by atoms with E-state index in [4.69, 9.17) is 4.18 Å². The van der Waals surface area contributed by atoms with E-state index in [1.807, 2.05) is 6.92 Å². The van der Waals surface area contributed by atoms with Gasteiger partial charge in [0, 0.05) is 5.56 Å². The average molecular weight is 508 g/mol. The highest BCUT2D eigenvalue weighted by atomic mass is 32.2. The van der Waals surface area contributed by atoms with Gasteiger partial charge in [-0.3, -0.25) is 9.59 Å². The van der Waals surface area contributed by atoms with E-state index in [9.17, 15) is 27.9 Å². The van der Waals surface area contributed by atoms with Gasteiger partial charge in [-0.15, -0.1) is 0 Å². The van der Waals surface area contributed by atoms with Crippen LogP contribution in [0.4, 0.5) is 0 Å². The van der Waals surface area contributed by atoms with Crippen molar-refractivity contribution in [2.45, 2.75) is 24.8 Å². The van der Waals surface area contributed by atoms with E-state index in [0.717, 1.165) is 5.56 Å². The van der Waals surface area contributed by atoms with Gasteiger partial charge in [0.15, 0.2) is 0 Å². The topological polar surface area (TPSA) is 142 Å². The number of carboxylic acids is 1. The van der Waals surface area contributed by atoms with E-state index in [1.165, 1.54) is 49.4 Å². The van der Waals surface area contributed by atoms with Gasteiger partial charge in [0.1, 0.15) is 16.3 Å². The first-order valence-corrected chi connectivity index (χ1v) is 12.2. The molecule has 186 valence electrons. The number of aryl methyl sites for hydroxylation is 1. The molecule has 0 aliphatic carbocycles. The first-order valence-electron chi connectivity index (χ1n) is 10.8. The van der Waals surface area contributed by atoms with Crippen LogP contribution in [-0.2, 0) is 19.7 Å². The second kappa shape index (κ2) is 11.3. The van der Waals surface area contributed by atoms with E-state index in [-0.39, 0.29) is 21.9 Å². The third-order valence-corrected chi connectivity index (χ3v) is 6.20. The molecule has 3 aromatic rings. The Labute approximate surface area is 208 Å². The summed E-state index contributed by atoms with van der Waals surface area (Å²) in [5.41, 5.74) is 1.38. The highest BCUT2D eigenvalue weighted by molar-refractivity contribution is 7.87. The number of amides is 2. The summed E-state index contributed by atoms with van der Waals surface area (Å²) in [4.78, 5) is 36.3. The van der Waals surface area contributed by atoms with E-state index < -0.39 is 33.9 Å². The number of rotatable bonds is 9. The Kier molecular flexibility index (Phi) is 8.23. The van der Waals surface area contributed by atoms with E-state index >= 15 is 0 Å². The summed E-state index contributed by atoms with van der Waals surface area (Å²) in [6.45, 7) is 3.06. The molecule has 3 rings (SSSR count). The van der Waals surface area contributed by atoms with E-state index in [2.05, 4.69) is 10.6 Å². The summed E-state index contributed by atoms with van der Waals surface area (Å²) < 4.78 is 30.1. The highest BCUT2D eigenvalue weighted by Crippen LogP contribution is 2.20. The fourth-order valence-electron chi connectivity index (χ4n) is 2.94. The van der Waals surface area contributed by atoms with Crippen LogP contribution < -0.4 is 19.9 Å². The van der Waals surface area contributed by atoms with Gasteiger partial charge in [0.2, 0.25) is 0 Å². The van der Waals surface area contributed by atoms with Crippen molar-refractivity contribution >= 4 is 34.0 Å². The molecule has 0 aliphatic rings. The predicted molar refractivity (Wildman–Crippen MR) is 130 cm³/mol. The van der Waals surface area contributed by atoms with Crippen LogP contribution in [0.1, 0.15) is 28.4 Å². The molecule has 2 N–H and O–H groups in total. The number of carboxylic acid groups (broad SMARTS) is 1. The number of hydrogen-bond acceptors (Lipinski definition) is 7. The van der Waals surface area contributed by atoms with Crippen molar-refractivity contribution in [3.8, 4) is 5.75 Å². The van der Waals surface area contributed by atoms with Gasteiger partial charge in [-0.05, 0) is 61.9 Å². The minimum absolute atomic E-state index is 0.00157. The molecule has 0 bridgehead atoms. The molecule has 0 unspecified atom stereocenters. The molecule has 36 heavy (non-hydrogen) atoms. The molecule has 3 aromatic carbocycles.